The van der Waals surface area contributed by atoms with Crippen molar-refractivity contribution in [2.45, 2.75) is 44.7 Å². The lowest BCUT2D eigenvalue weighted by Crippen LogP contribution is -2.51. The van der Waals surface area contributed by atoms with E-state index in [2.05, 4.69) is 40.5 Å². The van der Waals surface area contributed by atoms with Crippen molar-refractivity contribution < 1.29 is 9.53 Å². The minimum absolute atomic E-state index is 0.154. The van der Waals surface area contributed by atoms with Crippen LogP contribution in [0.25, 0.3) is 0 Å². The molecule has 0 aliphatic carbocycles. The van der Waals surface area contributed by atoms with Crippen LogP contribution in [0.3, 0.4) is 0 Å². The summed E-state index contributed by atoms with van der Waals surface area (Å²) in [6, 6.07) is 11.6. The Bertz CT molecular complexity index is 515. The maximum Gasteiger partial charge on any atom is 0.409 e. The predicted octanol–water partition coefficient (Wildman–Crippen LogP) is 3.18. The van der Waals surface area contributed by atoms with Crippen LogP contribution in [0.2, 0.25) is 0 Å². The van der Waals surface area contributed by atoms with Gasteiger partial charge in [-0.3, -0.25) is 4.90 Å². The third-order valence-corrected chi connectivity index (χ3v) is 5.10. The van der Waals surface area contributed by atoms with Gasteiger partial charge in [-0.25, -0.2) is 4.79 Å². The first-order valence-corrected chi connectivity index (χ1v) is 9.23. The molecule has 0 radical (unpaired) electrons. The predicted molar refractivity (Wildman–Crippen MR) is 96.3 cm³/mol. The maximum atomic E-state index is 11.8. The minimum Gasteiger partial charge on any atom is -0.450 e. The molecule has 132 valence electrons. The van der Waals surface area contributed by atoms with E-state index in [0.717, 1.165) is 32.5 Å². The standard InChI is InChI=1S/C19H29N3O2/c1-2-24-19(23)21-13-10-18(11-14-21)22-12-6-9-17(15-22)20-16-7-4-3-5-8-16/h3-5,7-8,17-18,20H,2,6,9-15H2,1H3/t17-/m1/s1. The average molecular weight is 331 g/mol. The molecule has 3 rings (SSSR count). The van der Waals surface area contributed by atoms with Crippen molar-refractivity contribution in [1.82, 2.24) is 9.80 Å². The summed E-state index contributed by atoms with van der Waals surface area (Å²) in [7, 11) is 0. The molecule has 1 aromatic carbocycles. The van der Waals surface area contributed by atoms with Gasteiger partial charge in [-0.2, -0.15) is 0 Å². The van der Waals surface area contributed by atoms with E-state index in [0.29, 0.717) is 18.7 Å². The van der Waals surface area contributed by atoms with E-state index in [1.54, 1.807) is 0 Å². The van der Waals surface area contributed by atoms with Crippen molar-refractivity contribution in [1.29, 1.82) is 0 Å². The number of para-hydroxylation sites is 1. The molecule has 5 nitrogen and oxygen atoms in total. The molecule has 1 atom stereocenters. The molecule has 1 amide bonds. The third-order valence-electron chi connectivity index (χ3n) is 5.10. The zero-order chi connectivity index (χ0) is 16.8. The summed E-state index contributed by atoms with van der Waals surface area (Å²) in [6.07, 6.45) is 4.42. The van der Waals surface area contributed by atoms with Crippen LogP contribution in [-0.4, -0.2) is 60.8 Å². The first-order chi connectivity index (χ1) is 11.8. The SMILES string of the molecule is CCOC(=O)N1CCC(N2CCC[C@@H](Nc3ccccc3)C2)CC1. The molecule has 0 unspecified atom stereocenters. The Morgan fingerprint density at radius 1 is 1.17 bits per heavy atom. The number of hydrogen-bond acceptors (Lipinski definition) is 4. The van der Waals surface area contributed by atoms with Gasteiger partial charge in [-0.1, -0.05) is 18.2 Å². The van der Waals surface area contributed by atoms with Gasteiger partial charge in [0.15, 0.2) is 0 Å². The van der Waals surface area contributed by atoms with Crippen LogP contribution in [0, 0.1) is 0 Å². The first kappa shape index (κ1) is 17.1. The lowest BCUT2D eigenvalue weighted by Gasteiger charge is -2.42. The van der Waals surface area contributed by atoms with E-state index in [4.69, 9.17) is 4.74 Å². The van der Waals surface area contributed by atoms with E-state index in [1.165, 1.54) is 25.1 Å². The summed E-state index contributed by atoms with van der Waals surface area (Å²) in [5.74, 6) is 0. The molecule has 0 aromatic heterocycles. The molecule has 1 aromatic rings. The van der Waals surface area contributed by atoms with Crippen LogP contribution in [0.15, 0.2) is 30.3 Å². The number of piperidine rings is 2. The summed E-state index contributed by atoms with van der Waals surface area (Å²) < 4.78 is 5.11. The van der Waals surface area contributed by atoms with Gasteiger partial charge in [0, 0.05) is 37.4 Å². The number of nitrogens with one attached hydrogen (secondary N) is 1. The summed E-state index contributed by atoms with van der Waals surface area (Å²) in [5, 5.41) is 3.67. The number of amides is 1. The zero-order valence-electron chi connectivity index (χ0n) is 14.6. The fourth-order valence-electron chi connectivity index (χ4n) is 3.85. The highest BCUT2D eigenvalue weighted by Gasteiger charge is 2.30. The fourth-order valence-corrected chi connectivity index (χ4v) is 3.85. The smallest absolute Gasteiger partial charge is 0.409 e. The zero-order valence-corrected chi connectivity index (χ0v) is 14.6. The highest BCUT2D eigenvalue weighted by molar-refractivity contribution is 5.67. The Hall–Kier alpha value is -1.75. The number of likely N-dealkylation sites (tertiary alicyclic amines) is 2. The molecule has 2 aliphatic rings. The van der Waals surface area contributed by atoms with E-state index in [-0.39, 0.29) is 6.09 Å². The van der Waals surface area contributed by atoms with Gasteiger partial charge < -0.3 is 15.0 Å². The normalized spacial score (nSPS) is 23.0. The van der Waals surface area contributed by atoms with Crippen LogP contribution in [0.5, 0.6) is 0 Å². The summed E-state index contributed by atoms with van der Waals surface area (Å²) in [4.78, 5) is 16.3. The molecule has 5 heteroatoms. The average Bonchev–Trinajstić information content (AvgIpc) is 2.63. The molecule has 0 saturated carbocycles. The quantitative estimate of drug-likeness (QED) is 0.920. The Balaban J connectivity index is 1.48. The molecular formula is C19H29N3O2. The summed E-state index contributed by atoms with van der Waals surface area (Å²) in [6.45, 7) is 6.22. The van der Waals surface area contributed by atoms with Crippen molar-refractivity contribution in [3.63, 3.8) is 0 Å². The molecule has 24 heavy (non-hydrogen) atoms. The van der Waals surface area contributed by atoms with Gasteiger partial charge in [-0.15, -0.1) is 0 Å². The van der Waals surface area contributed by atoms with Crippen molar-refractivity contribution in [2.75, 3.05) is 38.1 Å². The van der Waals surface area contributed by atoms with Gasteiger partial charge in [-0.05, 0) is 51.3 Å². The summed E-state index contributed by atoms with van der Waals surface area (Å²) in [5.41, 5.74) is 1.21. The van der Waals surface area contributed by atoms with Crippen molar-refractivity contribution in [2.24, 2.45) is 0 Å². The first-order valence-electron chi connectivity index (χ1n) is 9.23. The molecule has 2 saturated heterocycles. The second-order valence-corrected chi connectivity index (χ2v) is 6.76. The second-order valence-electron chi connectivity index (χ2n) is 6.76. The number of hydrogen-bond donors (Lipinski definition) is 1. The van der Waals surface area contributed by atoms with Crippen LogP contribution in [0.1, 0.15) is 32.6 Å². The van der Waals surface area contributed by atoms with Crippen LogP contribution >= 0.6 is 0 Å². The van der Waals surface area contributed by atoms with Gasteiger partial charge in [0.05, 0.1) is 6.61 Å². The molecule has 2 fully saturated rings. The highest BCUT2D eigenvalue weighted by Crippen LogP contribution is 2.23. The monoisotopic (exact) mass is 331 g/mol. The molecule has 1 N–H and O–H groups in total. The van der Waals surface area contributed by atoms with Crippen molar-refractivity contribution >= 4 is 11.8 Å². The van der Waals surface area contributed by atoms with Crippen molar-refractivity contribution in [3.8, 4) is 0 Å². The lowest BCUT2D eigenvalue weighted by molar-refractivity contribution is 0.0667. The molecule has 2 heterocycles. The van der Waals surface area contributed by atoms with E-state index < -0.39 is 0 Å². The Morgan fingerprint density at radius 3 is 2.62 bits per heavy atom. The second kappa shape index (κ2) is 8.38. The number of carbonyl (C=O) groups excluding carboxylic acids is 1. The minimum atomic E-state index is -0.154. The highest BCUT2D eigenvalue weighted by atomic mass is 16.6. The molecule has 0 spiro atoms. The Kier molecular flexibility index (Phi) is 5.96. The molecular weight excluding hydrogens is 302 g/mol. The van der Waals surface area contributed by atoms with Gasteiger partial charge in [0.1, 0.15) is 0 Å². The molecule has 2 aliphatic heterocycles. The van der Waals surface area contributed by atoms with E-state index in [1.807, 2.05) is 11.8 Å². The van der Waals surface area contributed by atoms with Crippen LogP contribution < -0.4 is 5.32 Å². The fraction of sp³-hybridized carbons (Fsp3) is 0.632. The van der Waals surface area contributed by atoms with Gasteiger partial charge in [0.2, 0.25) is 0 Å². The third kappa shape index (κ3) is 4.41. The lowest BCUT2D eigenvalue weighted by atomic mass is 9.98. The number of ether oxygens (including phenoxy) is 1. The summed E-state index contributed by atoms with van der Waals surface area (Å²) >= 11 is 0. The number of rotatable bonds is 4. The molecule has 0 bridgehead atoms. The van der Waals surface area contributed by atoms with E-state index in [9.17, 15) is 4.79 Å². The number of benzene rings is 1. The number of nitrogens with zero attached hydrogens (tertiary/aromatic N) is 2. The Labute approximate surface area is 145 Å². The van der Waals surface area contributed by atoms with Gasteiger partial charge in [0.25, 0.3) is 0 Å². The largest absolute Gasteiger partial charge is 0.450 e. The Morgan fingerprint density at radius 2 is 1.92 bits per heavy atom. The number of carbonyl (C=O) groups is 1. The van der Waals surface area contributed by atoms with Crippen LogP contribution in [0.4, 0.5) is 10.5 Å². The maximum absolute atomic E-state index is 11.8. The number of anilines is 1. The van der Waals surface area contributed by atoms with Gasteiger partial charge >= 0.3 is 6.09 Å². The van der Waals surface area contributed by atoms with Crippen LogP contribution in [-0.2, 0) is 4.74 Å². The topological polar surface area (TPSA) is 44.8 Å². The van der Waals surface area contributed by atoms with Crippen molar-refractivity contribution in [3.05, 3.63) is 30.3 Å². The van der Waals surface area contributed by atoms with E-state index >= 15 is 0 Å².